The van der Waals surface area contributed by atoms with Crippen LogP contribution >= 0.6 is 0 Å². The number of nitrogens with one attached hydrogen (secondary N) is 1. The normalized spacial score (nSPS) is 14.8. The van der Waals surface area contributed by atoms with Crippen molar-refractivity contribution >= 4 is 17.6 Å². The maximum Gasteiger partial charge on any atom is 0.339 e. The van der Waals surface area contributed by atoms with E-state index in [4.69, 9.17) is 18.9 Å². The third-order valence-electron chi connectivity index (χ3n) is 5.71. The third kappa shape index (κ3) is 3.71. The minimum atomic E-state index is -1.16. The molecule has 2 aromatic carbocycles. The van der Waals surface area contributed by atoms with Gasteiger partial charge in [0, 0.05) is 30.2 Å². The topological polar surface area (TPSA) is 108 Å². The highest BCUT2D eigenvalue weighted by atomic mass is 16.5. The number of carboxylic acid groups (broad SMARTS) is 1. The number of nitrogens with zero attached hydrogens (tertiary/aromatic N) is 1. The second-order valence-corrected chi connectivity index (χ2v) is 7.40. The molecule has 33 heavy (non-hydrogen) atoms. The molecule has 1 aliphatic rings. The van der Waals surface area contributed by atoms with Crippen molar-refractivity contribution in [3.63, 3.8) is 0 Å². The molecule has 2 N–H and O–H groups in total. The van der Waals surface area contributed by atoms with Gasteiger partial charge < -0.3 is 33.9 Å². The van der Waals surface area contributed by atoms with Gasteiger partial charge in [-0.1, -0.05) is 12.1 Å². The van der Waals surface area contributed by atoms with Crippen LogP contribution in [0.15, 0.2) is 42.6 Å². The van der Waals surface area contributed by atoms with E-state index in [9.17, 15) is 14.7 Å². The first-order valence-electron chi connectivity index (χ1n) is 10.1. The number of rotatable bonds is 7. The molecule has 9 nitrogen and oxygen atoms in total. The second-order valence-electron chi connectivity index (χ2n) is 7.40. The highest BCUT2D eigenvalue weighted by Gasteiger charge is 2.36. The predicted octanol–water partition coefficient (Wildman–Crippen LogP) is 3.68. The Balaban J connectivity index is 2.04. The van der Waals surface area contributed by atoms with Gasteiger partial charge in [0.25, 0.3) is 0 Å². The highest BCUT2D eigenvalue weighted by Crippen LogP contribution is 2.47. The van der Waals surface area contributed by atoms with E-state index in [2.05, 4.69) is 5.32 Å². The molecule has 0 spiro atoms. The fourth-order valence-electron chi connectivity index (χ4n) is 4.26. The highest BCUT2D eigenvalue weighted by molar-refractivity contribution is 6.04. The molecule has 172 valence electrons. The number of benzene rings is 2. The van der Waals surface area contributed by atoms with E-state index in [0.717, 1.165) is 0 Å². The van der Waals surface area contributed by atoms with Gasteiger partial charge in [-0.2, -0.15) is 0 Å². The van der Waals surface area contributed by atoms with Gasteiger partial charge in [0.1, 0.15) is 17.1 Å². The number of amides is 1. The Morgan fingerprint density at radius 3 is 2.42 bits per heavy atom. The average Bonchev–Trinajstić information content (AvgIpc) is 3.21. The Kier molecular flexibility index (Phi) is 5.87. The van der Waals surface area contributed by atoms with Crippen molar-refractivity contribution in [2.45, 2.75) is 12.3 Å². The lowest BCUT2D eigenvalue weighted by Gasteiger charge is -2.28. The molecule has 4 rings (SSSR count). The first-order chi connectivity index (χ1) is 15.9. The molecular weight excluding hydrogens is 428 g/mol. The summed E-state index contributed by atoms with van der Waals surface area (Å²) in [6.07, 6.45) is 1.57. The number of fused-ring (bicyclic) bond motifs is 1. The van der Waals surface area contributed by atoms with Crippen molar-refractivity contribution in [1.82, 2.24) is 4.57 Å². The lowest BCUT2D eigenvalue weighted by molar-refractivity contribution is -0.116. The van der Waals surface area contributed by atoms with Crippen LogP contribution in [0.1, 0.15) is 34.0 Å². The van der Waals surface area contributed by atoms with Gasteiger partial charge in [0.15, 0.2) is 11.5 Å². The molecule has 0 radical (unpaired) electrons. The Morgan fingerprint density at radius 2 is 1.79 bits per heavy atom. The van der Waals surface area contributed by atoms with Crippen LogP contribution in [0.25, 0.3) is 5.69 Å². The van der Waals surface area contributed by atoms with Crippen molar-refractivity contribution < 1.29 is 33.6 Å². The quantitative estimate of drug-likeness (QED) is 0.563. The molecule has 1 amide bonds. The summed E-state index contributed by atoms with van der Waals surface area (Å²) in [6, 6.07) is 10.7. The molecule has 0 aliphatic carbocycles. The monoisotopic (exact) mass is 452 g/mol. The SMILES string of the molecule is COc1ccc(OC)c(-n2cc(C(=O)O)c3c2C(c2cccc(OC)c2OC)CC(=O)N3)c1. The summed E-state index contributed by atoms with van der Waals surface area (Å²) in [5.41, 5.74) is 2.06. The van der Waals surface area contributed by atoms with Gasteiger partial charge in [0.05, 0.1) is 45.5 Å². The van der Waals surface area contributed by atoms with E-state index in [0.29, 0.717) is 39.9 Å². The van der Waals surface area contributed by atoms with E-state index in [-0.39, 0.29) is 23.6 Å². The zero-order valence-electron chi connectivity index (χ0n) is 18.7. The minimum Gasteiger partial charge on any atom is -0.497 e. The largest absolute Gasteiger partial charge is 0.497 e. The number of aromatic carboxylic acids is 1. The van der Waals surface area contributed by atoms with Gasteiger partial charge in [-0.25, -0.2) is 4.79 Å². The molecule has 0 saturated heterocycles. The number of anilines is 1. The fourth-order valence-corrected chi connectivity index (χ4v) is 4.26. The van der Waals surface area contributed by atoms with Crippen LogP contribution in [0.5, 0.6) is 23.0 Å². The number of carboxylic acids is 1. The summed E-state index contributed by atoms with van der Waals surface area (Å²) in [6.45, 7) is 0. The van der Waals surface area contributed by atoms with Crippen LogP contribution in [-0.4, -0.2) is 50.0 Å². The van der Waals surface area contributed by atoms with Crippen LogP contribution in [0.2, 0.25) is 0 Å². The number of carbonyl (C=O) groups is 2. The molecule has 9 heteroatoms. The predicted molar refractivity (Wildman–Crippen MR) is 120 cm³/mol. The number of hydrogen-bond donors (Lipinski definition) is 2. The van der Waals surface area contributed by atoms with Crippen LogP contribution in [0.4, 0.5) is 5.69 Å². The zero-order chi connectivity index (χ0) is 23.7. The number of aromatic nitrogens is 1. The number of ether oxygens (including phenoxy) is 4. The van der Waals surface area contributed by atoms with Crippen LogP contribution in [0.3, 0.4) is 0 Å². The van der Waals surface area contributed by atoms with E-state index in [1.54, 1.807) is 42.0 Å². The van der Waals surface area contributed by atoms with E-state index in [1.807, 2.05) is 6.07 Å². The van der Waals surface area contributed by atoms with Crippen molar-refractivity contribution in [2.24, 2.45) is 0 Å². The number of hydrogen-bond acceptors (Lipinski definition) is 6. The van der Waals surface area contributed by atoms with Gasteiger partial charge in [-0.15, -0.1) is 0 Å². The molecule has 1 atom stereocenters. The molecule has 0 fully saturated rings. The molecule has 2 heterocycles. The molecule has 1 unspecified atom stereocenters. The number of carbonyl (C=O) groups excluding carboxylic acids is 1. The van der Waals surface area contributed by atoms with Gasteiger partial charge in [0.2, 0.25) is 5.91 Å². The zero-order valence-corrected chi connectivity index (χ0v) is 18.7. The lowest BCUT2D eigenvalue weighted by Crippen LogP contribution is -2.26. The Labute approximate surface area is 190 Å². The lowest BCUT2D eigenvalue weighted by atomic mass is 9.87. The Hall–Kier alpha value is -4.14. The number of para-hydroxylation sites is 1. The molecule has 0 saturated carbocycles. The second kappa shape index (κ2) is 8.78. The van der Waals surface area contributed by atoms with Crippen molar-refractivity contribution in [2.75, 3.05) is 33.8 Å². The Bertz CT molecular complexity index is 1230. The Morgan fingerprint density at radius 1 is 1.03 bits per heavy atom. The summed E-state index contributed by atoms with van der Waals surface area (Å²) < 4.78 is 23.7. The van der Waals surface area contributed by atoms with Gasteiger partial charge in [-0.3, -0.25) is 4.79 Å². The summed E-state index contributed by atoms with van der Waals surface area (Å²) in [5, 5.41) is 12.6. The first kappa shape index (κ1) is 22.1. The minimum absolute atomic E-state index is 0.0326. The molecule has 0 bridgehead atoms. The average molecular weight is 452 g/mol. The first-order valence-corrected chi connectivity index (χ1v) is 10.1. The van der Waals surface area contributed by atoms with Crippen LogP contribution < -0.4 is 24.3 Å². The third-order valence-corrected chi connectivity index (χ3v) is 5.71. The standard InChI is InChI=1S/C24H24N2O7/c1-30-13-8-9-18(31-2)17(10-13)26-12-16(24(28)29)21-22(26)15(11-20(27)25-21)14-6-5-7-19(32-3)23(14)33-4/h5-10,12,15H,11H2,1-4H3,(H,25,27)(H,28,29). The maximum absolute atomic E-state index is 12.7. The summed E-state index contributed by atoms with van der Waals surface area (Å²) >= 11 is 0. The van der Waals surface area contributed by atoms with Gasteiger partial charge in [-0.05, 0) is 18.2 Å². The number of methoxy groups -OCH3 is 4. The van der Waals surface area contributed by atoms with Crippen LogP contribution in [-0.2, 0) is 4.79 Å². The maximum atomic E-state index is 12.7. The fraction of sp³-hybridized carbons (Fsp3) is 0.250. The van der Waals surface area contributed by atoms with E-state index >= 15 is 0 Å². The summed E-state index contributed by atoms with van der Waals surface area (Å²) in [4.78, 5) is 24.8. The molecule has 3 aromatic rings. The van der Waals surface area contributed by atoms with Gasteiger partial charge >= 0.3 is 5.97 Å². The summed E-state index contributed by atoms with van der Waals surface area (Å²) in [5.74, 6) is 0.105. The molecule has 1 aromatic heterocycles. The van der Waals surface area contributed by atoms with Crippen molar-refractivity contribution in [3.8, 4) is 28.7 Å². The molecular formula is C24H24N2O7. The molecule has 1 aliphatic heterocycles. The van der Waals surface area contributed by atoms with Crippen molar-refractivity contribution in [3.05, 3.63) is 59.4 Å². The van der Waals surface area contributed by atoms with E-state index < -0.39 is 11.9 Å². The smallest absolute Gasteiger partial charge is 0.339 e. The summed E-state index contributed by atoms with van der Waals surface area (Å²) in [7, 11) is 6.14. The van der Waals surface area contributed by atoms with Crippen molar-refractivity contribution in [1.29, 1.82) is 0 Å². The van der Waals surface area contributed by atoms with E-state index in [1.165, 1.54) is 27.5 Å². The van der Waals surface area contributed by atoms with Crippen LogP contribution in [0, 0.1) is 0 Å².